The first-order chi connectivity index (χ1) is 16.7. The minimum absolute atomic E-state index is 0.0274. The van der Waals surface area contributed by atoms with Crippen molar-refractivity contribution in [2.75, 3.05) is 0 Å². The van der Waals surface area contributed by atoms with Crippen LogP contribution in [0.4, 0.5) is 13.2 Å². The summed E-state index contributed by atoms with van der Waals surface area (Å²) in [5.41, 5.74) is 5.08. The Morgan fingerprint density at radius 2 is 1.69 bits per heavy atom. The Morgan fingerprint density at radius 3 is 2.22 bits per heavy atom. The van der Waals surface area contributed by atoms with Gasteiger partial charge in [-0.15, -0.1) is 0 Å². The molecule has 1 amide bonds. The summed E-state index contributed by atoms with van der Waals surface area (Å²) in [5, 5.41) is 0.0315. The van der Waals surface area contributed by atoms with Gasteiger partial charge >= 0.3 is 6.18 Å². The number of hydrogen-bond donors (Lipinski definition) is 2. The van der Waals surface area contributed by atoms with Gasteiger partial charge in [-0.3, -0.25) is 4.79 Å². The Kier molecular flexibility index (Phi) is 6.67. The third-order valence-corrected chi connectivity index (χ3v) is 8.01. The molecule has 4 rings (SSSR count). The van der Waals surface area contributed by atoms with Gasteiger partial charge in [0.15, 0.2) is 0 Å². The summed E-state index contributed by atoms with van der Waals surface area (Å²) in [6.07, 6.45) is 0.604. The molecule has 0 saturated heterocycles. The monoisotopic (exact) mass is 522 g/mol. The average molecular weight is 523 g/mol. The number of alkyl halides is 3. The Morgan fingerprint density at radius 1 is 1.08 bits per heavy atom. The van der Waals surface area contributed by atoms with Gasteiger partial charge in [-0.2, -0.15) is 13.2 Å². The highest BCUT2D eigenvalue weighted by Gasteiger charge is 2.34. The number of carbonyl (C=O) groups excluding carboxylic acids is 1. The lowest BCUT2D eigenvalue weighted by atomic mass is 9.94. The number of nitrogens with one attached hydrogen (secondary N) is 1. The van der Waals surface area contributed by atoms with Crippen molar-refractivity contribution in [3.05, 3.63) is 47.7 Å². The summed E-state index contributed by atoms with van der Waals surface area (Å²) in [5.74, 6) is -0.878. The van der Waals surface area contributed by atoms with Gasteiger partial charge in [0.2, 0.25) is 10.0 Å². The maximum Gasteiger partial charge on any atom is 0.417 e. The zero-order chi connectivity index (χ0) is 26.5. The van der Waals surface area contributed by atoms with Gasteiger partial charge < -0.3 is 10.3 Å². The van der Waals surface area contributed by atoms with Crippen molar-refractivity contribution < 1.29 is 26.4 Å². The van der Waals surface area contributed by atoms with Crippen molar-refractivity contribution in [3.8, 4) is 11.3 Å². The molecule has 0 bridgehead atoms. The van der Waals surface area contributed by atoms with E-state index in [0.29, 0.717) is 11.3 Å². The predicted molar refractivity (Wildman–Crippen MR) is 131 cm³/mol. The number of fused-ring (bicyclic) bond motifs is 1. The number of nitrogens with zero attached hydrogens (tertiary/aromatic N) is 2. The second kappa shape index (κ2) is 9.19. The molecule has 11 heteroatoms. The van der Waals surface area contributed by atoms with E-state index < -0.39 is 33.2 Å². The number of halogens is 3. The lowest BCUT2D eigenvalue weighted by molar-refractivity contribution is -0.137. The van der Waals surface area contributed by atoms with Crippen LogP contribution in [-0.4, -0.2) is 29.4 Å². The molecule has 0 aliphatic heterocycles. The molecular formula is C25H29F3N4O3S. The van der Waals surface area contributed by atoms with E-state index in [1.54, 1.807) is 32.9 Å². The molecule has 1 fully saturated rings. The summed E-state index contributed by atoms with van der Waals surface area (Å²) in [7, 11) is -3.81. The SMILES string of the molecule is CC(C)(C)NS(=O)(=O)c1ccc(-c2c(C(N)=O)c3cc(C(F)(F)F)cnc3n2C2CCCCC2)cc1. The van der Waals surface area contributed by atoms with Crippen LogP contribution in [0.2, 0.25) is 0 Å². The quantitative estimate of drug-likeness (QED) is 0.468. The highest BCUT2D eigenvalue weighted by molar-refractivity contribution is 7.89. The smallest absolute Gasteiger partial charge is 0.366 e. The van der Waals surface area contributed by atoms with E-state index in [0.717, 1.165) is 44.4 Å². The third-order valence-electron chi connectivity index (χ3n) is 6.23. The van der Waals surface area contributed by atoms with Crippen LogP contribution in [0.1, 0.15) is 74.8 Å². The fourth-order valence-corrected chi connectivity index (χ4v) is 6.24. The van der Waals surface area contributed by atoms with E-state index in [2.05, 4.69) is 9.71 Å². The van der Waals surface area contributed by atoms with Gasteiger partial charge in [0.25, 0.3) is 5.91 Å². The highest BCUT2D eigenvalue weighted by atomic mass is 32.2. The van der Waals surface area contributed by atoms with Gasteiger partial charge in [-0.1, -0.05) is 31.4 Å². The number of aromatic nitrogens is 2. The summed E-state index contributed by atoms with van der Waals surface area (Å²) >= 11 is 0. The van der Waals surface area contributed by atoms with Crippen molar-refractivity contribution in [1.29, 1.82) is 0 Å². The maximum absolute atomic E-state index is 13.5. The van der Waals surface area contributed by atoms with E-state index in [1.165, 1.54) is 12.1 Å². The lowest BCUT2D eigenvalue weighted by Crippen LogP contribution is -2.40. The number of nitrogens with two attached hydrogens (primary N) is 1. The number of pyridine rings is 1. The zero-order valence-corrected chi connectivity index (χ0v) is 21.1. The Labute approximate surface area is 207 Å². The summed E-state index contributed by atoms with van der Waals surface area (Å²) in [6.45, 7) is 5.18. The maximum atomic E-state index is 13.5. The summed E-state index contributed by atoms with van der Waals surface area (Å²) in [4.78, 5) is 16.8. The Bertz CT molecular complexity index is 1400. The average Bonchev–Trinajstić information content (AvgIpc) is 3.12. The number of rotatable bonds is 5. The molecule has 2 aromatic heterocycles. The number of carbonyl (C=O) groups is 1. The topological polar surface area (TPSA) is 107 Å². The molecule has 1 aromatic carbocycles. The fraction of sp³-hybridized carbons (Fsp3) is 0.440. The van der Waals surface area contributed by atoms with Crippen LogP contribution in [0.25, 0.3) is 22.3 Å². The molecule has 0 unspecified atom stereocenters. The molecule has 3 N–H and O–H groups in total. The number of amides is 1. The molecule has 0 radical (unpaired) electrons. The standard InChI is InChI=1S/C25H29F3N4O3S/c1-24(2,3)31-36(34,35)18-11-9-15(10-12-18)21-20(22(29)33)19-13-16(25(26,27)28)14-30-23(19)32(21)17-7-5-4-6-8-17/h9-14,17,31H,4-8H2,1-3H3,(H2,29,33). The highest BCUT2D eigenvalue weighted by Crippen LogP contribution is 2.41. The second-order valence-electron chi connectivity index (χ2n) is 10.2. The van der Waals surface area contributed by atoms with E-state index in [4.69, 9.17) is 5.73 Å². The van der Waals surface area contributed by atoms with Gasteiger partial charge in [-0.05, 0) is 57.4 Å². The van der Waals surface area contributed by atoms with Gasteiger partial charge in [-0.25, -0.2) is 18.1 Å². The van der Waals surface area contributed by atoms with Gasteiger partial charge in [0.05, 0.1) is 21.7 Å². The molecule has 2 heterocycles. The lowest BCUT2D eigenvalue weighted by Gasteiger charge is -2.26. The molecule has 7 nitrogen and oxygen atoms in total. The molecule has 0 atom stereocenters. The Balaban J connectivity index is 1.95. The van der Waals surface area contributed by atoms with Crippen LogP contribution in [-0.2, 0) is 16.2 Å². The third kappa shape index (κ3) is 5.12. The number of hydrogen-bond acceptors (Lipinski definition) is 4. The van der Waals surface area contributed by atoms with Gasteiger partial charge in [0, 0.05) is 23.2 Å². The van der Waals surface area contributed by atoms with Crippen molar-refractivity contribution in [2.24, 2.45) is 5.73 Å². The van der Waals surface area contributed by atoms with Crippen LogP contribution < -0.4 is 10.5 Å². The molecule has 0 spiro atoms. The van der Waals surface area contributed by atoms with E-state index in [-0.39, 0.29) is 27.5 Å². The molecule has 194 valence electrons. The van der Waals surface area contributed by atoms with Crippen LogP contribution in [0.15, 0.2) is 41.4 Å². The van der Waals surface area contributed by atoms with E-state index in [9.17, 15) is 26.4 Å². The minimum atomic E-state index is -4.64. The molecule has 3 aromatic rings. The minimum Gasteiger partial charge on any atom is -0.366 e. The van der Waals surface area contributed by atoms with Crippen LogP contribution >= 0.6 is 0 Å². The van der Waals surface area contributed by atoms with Crippen LogP contribution in [0.5, 0.6) is 0 Å². The van der Waals surface area contributed by atoms with Crippen molar-refractivity contribution >= 4 is 27.0 Å². The predicted octanol–water partition coefficient (Wildman–Crippen LogP) is 5.40. The Hall–Kier alpha value is -2.92. The van der Waals surface area contributed by atoms with E-state index >= 15 is 0 Å². The zero-order valence-electron chi connectivity index (χ0n) is 20.3. The molecule has 36 heavy (non-hydrogen) atoms. The van der Waals surface area contributed by atoms with Crippen molar-refractivity contribution in [2.45, 2.75) is 75.5 Å². The van der Waals surface area contributed by atoms with Crippen LogP contribution in [0.3, 0.4) is 0 Å². The summed E-state index contributed by atoms with van der Waals surface area (Å²) in [6, 6.07) is 6.73. The number of sulfonamides is 1. The summed E-state index contributed by atoms with van der Waals surface area (Å²) < 4.78 is 70.3. The normalized spacial score (nSPS) is 15.9. The van der Waals surface area contributed by atoms with Gasteiger partial charge in [0.1, 0.15) is 5.65 Å². The first-order valence-corrected chi connectivity index (χ1v) is 13.2. The number of primary amides is 1. The van der Waals surface area contributed by atoms with Crippen molar-refractivity contribution in [1.82, 2.24) is 14.3 Å². The first-order valence-electron chi connectivity index (χ1n) is 11.7. The molecule has 1 aliphatic rings. The number of benzene rings is 1. The molecule has 1 aliphatic carbocycles. The fourth-order valence-electron chi connectivity index (χ4n) is 4.82. The first kappa shape index (κ1) is 26.2. The second-order valence-corrected chi connectivity index (χ2v) is 11.9. The molecule has 1 saturated carbocycles. The van der Waals surface area contributed by atoms with Crippen LogP contribution in [0, 0.1) is 0 Å². The van der Waals surface area contributed by atoms with E-state index in [1.807, 2.05) is 4.57 Å². The largest absolute Gasteiger partial charge is 0.417 e. The molecular weight excluding hydrogens is 493 g/mol. The van der Waals surface area contributed by atoms with Crippen molar-refractivity contribution in [3.63, 3.8) is 0 Å².